The Bertz CT molecular complexity index is 761. The zero-order valence-electron chi connectivity index (χ0n) is 11.0. The molecule has 0 amide bonds. The summed E-state index contributed by atoms with van der Waals surface area (Å²) in [6.07, 6.45) is 1.30. The maximum absolute atomic E-state index is 12.3. The Morgan fingerprint density at radius 2 is 1.95 bits per heavy atom. The number of hydrogen-bond donors (Lipinski definition) is 2. The molecule has 1 aromatic heterocycles. The van der Waals surface area contributed by atoms with E-state index >= 15 is 0 Å². The standard InChI is InChI=1S/C13H14N2O4S/c1-9-7-11(19-2)4-5-12(9)20(17,18)15-10-3-6-13(16)14-8-10/h3-8,15H,1-2H3,(H,14,16). The third kappa shape index (κ3) is 3.00. The molecule has 1 aromatic carbocycles. The number of pyridine rings is 1. The highest BCUT2D eigenvalue weighted by atomic mass is 32.2. The fraction of sp³-hybridized carbons (Fsp3) is 0.154. The first-order valence-electron chi connectivity index (χ1n) is 5.78. The maximum atomic E-state index is 12.3. The second-order valence-electron chi connectivity index (χ2n) is 4.18. The molecule has 0 saturated heterocycles. The zero-order valence-corrected chi connectivity index (χ0v) is 11.8. The minimum absolute atomic E-state index is 0.157. The van der Waals surface area contributed by atoms with Gasteiger partial charge < -0.3 is 9.72 Å². The number of rotatable bonds is 4. The molecular formula is C13H14N2O4S. The lowest BCUT2D eigenvalue weighted by molar-refractivity contribution is 0.414. The molecule has 2 aromatic rings. The van der Waals surface area contributed by atoms with Gasteiger partial charge in [-0.3, -0.25) is 9.52 Å². The van der Waals surface area contributed by atoms with Gasteiger partial charge in [0.1, 0.15) is 5.75 Å². The molecular weight excluding hydrogens is 280 g/mol. The monoisotopic (exact) mass is 294 g/mol. The van der Waals surface area contributed by atoms with Crippen LogP contribution < -0.4 is 15.0 Å². The summed E-state index contributed by atoms with van der Waals surface area (Å²) in [5.41, 5.74) is 0.565. The van der Waals surface area contributed by atoms with E-state index in [-0.39, 0.29) is 10.5 Å². The van der Waals surface area contributed by atoms with Crippen LogP contribution in [0, 0.1) is 6.92 Å². The van der Waals surface area contributed by atoms with Gasteiger partial charge in [-0.05, 0) is 36.8 Å². The van der Waals surface area contributed by atoms with Crippen LogP contribution >= 0.6 is 0 Å². The molecule has 0 unspecified atom stereocenters. The minimum atomic E-state index is -3.71. The summed E-state index contributed by atoms with van der Waals surface area (Å²) in [5, 5.41) is 0. The van der Waals surface area contributed by atoms with Gasteiger partial charge in [-0.15, -0.1) is 0 Å². The number of aryl methyl sites for hydroxylation is 1. The number of benzene rings is 1. The summed E-state index contributed by atoms with van der Waals surface area (Å²) in [7, 11) is -2.19. The molecule has 6 nitrogen and oxygen atoms in total. The Morgan fingerprint density at radius 3 is 2.50 bits per heavy atom. The van der Waals surface area contributed by atoms with E-state index in [9.17, 15) is 13.2 Å². The summed E-state index contributed by atoms with van der Waals surface area (Å²) >= 11 is 0. The minimum Gasteiger partial charge on any atom is -0.497 e. The van der Waals surface area contributed by atoms with E-state index in [2.05, 4.69) is 9.71 Å². The zero-order chi connectivity index (χ0) is 14.8. The number of aromatic nitrogens is 1. The van der Waals surface area contributed by atoms with Crippen molar-refractivity contribution in [2.75, 3.05) is 11.8 Å². The molecule has 106 valence electrons. The third-order valence-electron chi connectivity index (χ3n) is 2.71. The van der Waals surface area contributed by atoms with Crippen molar-refractivity contribution >= 4 is 15.7 Å². The fourth-order valence-corrected chi connectivity index (χ4v) is 3.01. The number of nitrogens with one attached hydrogen (secondary N) is 2. The summed E-state index contributed by atoms with van der Waals surface area (Å²) in [5.74, 6) is 0.588. The molecule has 0 aliphatic heterocycles. The van der Waals surface area contributed by atoms with Crippen LogP contribution in [-0.2, 0) is 10.0 Å². The number of sulfonamides is 1. The number of H-pyrrole nitrogens is 1. The van der Waals surface area contributed by atoms with Gasteiger partial charge in [-0.25, -0.2) is 8.42 Å². The predicted octanol–water partition coefficient (Wildman–Crippen LogP) is 1.49. The molecule has 7 heteroatoms. The van der Waals surface area contributed by atoms with E-state index in [0.717, 1.165) is 0 Å². The highest BCUT2D eigenvalue weighted by Crippen LogP contribution is 2.22. The van der Waals surface area contributed by atoms with Crippen LogP contribution in [0.5, 0.6) is 5.75 Å². The Kier molecular flexibility index (Phi) is 3.80. The van der Waals surface area contributed by atoms with Crippen LogP contribution in [-0.4, -0.2) is 20.5 Å². The van der Waals surface area contributed by atoms with Gasteiger partial charge in [0.25, 0.3) is 10.0 Å². The Morgan fingerprint density at radius 1 is 1.20 bits per heavy atom. The molecule has 0 atom stereocenters. The van der Waals surface area contributed by atoms with Crippen molar-refractivity contribution in [1.82, 2.24) is 4.98 Å². The molecule has 0 saturated carbocycles. The summed E-state index contributed by atoms with van der Waals surface area (Å²) in [6.45, 7) is 1.68. The van der Waals surface area contributed by atoms with Crippen LogP contribution in [0.2, 0.25) is 0 Å². The van der Waals surface area contributed by atoms with E-state index in [4.69, 9.17) is 4.74 Å². The smallest absolute Gasteiger partial charge is 0.262 e. The Hall–Kier alpha value is -2.28. The molecule has 0 radical (unpaired) electrons. The van der Waals surface area contributed by atoms with Crippen molar-refractivity contribution in [2.24, 2.45) is 0 Å². The first kappa shape index (κ1) is 14.1. The lowest BCUT2D eigenvalue weighted by Crippen LogP contribution is -2.15. The lowest BCUT2D eigenvalue weighted by Gasteiger charge is -2.11. The average Bonchev–Trinajstić information content (AvgIpc) is 2.40. The van der Waals surface area contributed by atoms with Gasteiger partial charge in [0, 0.05) is 12.3 Å². The number of methoxy groups -OCH3 is 1. The van der Waals surface area contributed by atoms with Crippen molar-refractivity contribution in [2.45, 2.75) is 11.8 Å². The highest BCUT2D eigenvalue weighted by molar-refractivity contribution is 7.92. The number of hydrogen-bond acceptors (Lipinski definition) is 4. The Labute approximate surface area is 116 Å². The largest absolute Gasteiger partial charge is 0.497 e. The summed E-state index contributed by atoms with van der Waals surface area (Å²) in [4.78, 5) is 13.5. The SMILES string of the molecule is COc1ccc(S(=O)(=O)Nc2ccc(=O)[nH]c2)c(C)c1. The second kappa shape index (κ2) is 5.38. The first-order valence-corrected chi connectivity index (χ1v) is 7.27. The van der Waals surface area contributed by atoms with Crippen molar-refractivity contribution in [3.05, 3.63) is 52.4 Å². The van der Waals surface area contributed by atoms with Crippen molar-refractivity contribution in [3.63, 3.8) is 0 Å². The van der Waals surface area contributed by atoms with Crippen molar-refractivity contribution in [1.29, 1.82) is 0 Å². The molecule has 20 heavy (non-hydrogen) atoms. The quantitative estimate of drug-likeness (QED) is 0.894. The molecule has 1 heterocycles. The van der Waals surface area contributed by atoms with E-state index in [0.29, 0.717) is 17.0 Å². The summed E-state index contributed by atoms with van der Waals surface area (Å²) < 4.78 is 32.0. The molecule has 2 rings (SSSR count). The summed E-state index contributed by atoms with van der Waals surface area (Å²) in [6, 6.07) is 7.34. The molecule has 0 aliphatic rings. The highest BCUT2D eigenvalue weighted by Gasteiger charge is 2.17. The van der Waals surface area contributed by atoms with E-state index in [1.54, 1.807) is 19.1 Å². The fourth-order valence-electron chi connectivity index (χ4n) is 1.73. The normalized spacial score (nSPS) is 11.1. The molecule has 0 aliphatic carbocycles. The van der Waals surface area contributed by atoms with Crippen LogP contribution in [0.1, 0.15) is 5.56 Å². The predicted molar refractivity (Wildman–Crippen MR) is 75.6 cm³/mol. The van der Waals surface area contributed by atoms with Crippen LogP contribution in [0.3, 0.4) is 0 Å². The lowest BCUT2D eigenvalue weighted by atomic mass is 10.2. The van der Waals surface area contributed by atoms with Crippen LogP contribution in [0.25, 0.3) is 0 Å². The van der Waals surface area contributed by atoms with Gasteiger partial charge in [-0.1, -0.05) is 0 Å². The number of anilines is 1. The van der Waals surface area contributed by atoms with Crippen LogP contribution in [0.4, 0.5) is 5.69 Å². The van der Waals surface area contributed by atoms with E-state index < -0.39 is 10.0 Å². The van der Waals surface area contributed by atoms with Gasteiger partial charge >= 0.3 is 0 Å². The van der Waals surface area contributed by atoms with Crippen LogP contribution in [0.15, 0.2) is 46.2 Å². The van der Waals surface area contributed by atoms with Crippen molar-refractivity contribution < 1.29 is 13.2 Å². The maximum Gasteiger partial charge on any atom is 0.262 e. The van der Waals surface area contributed by atoms with Gasteiger partial charge in [0.05, 0.1) is 17.7 Å². The van der Waals surface area contributed by atoms with Gasteiger partial charge in [0.15, 0.2) is 0 Å². The number of aromatic amines is 1. The third-order valence-corrected chi connectivity index (χ3v) is 4.25. The first-order chi connectivity index (χ1) is 9.42. The van der Waals surface area contributed by atoms with Crippen molar-refractivity contribution in [3.8, 4) is 5.75 Å². The van der Waals surface area contributed by atoms with E-state index in [1.165, 1.54) is 31.5 Å². The average molecular weight is 294 g/mol. The molecule has 0 bridgehead atoms. The topological polar surface area (TPSA) is 88.3 Å². The molecule has 2 N–H and O–H groups in total. The van der Waals surface area contributed by atoms with E-state index in [1.807, 2.05) is 0 Å². The molecule has 0 spiro atoms. The van der Waals surface area contributed by atoms with Gasteiger partial charge in [0.2, 0.25) is 5.56 Å². The van der Waals surface area contributed by atoms with Gasteiger partial charge in [-0.2, -0.15) is 0 Å². The second-order valence-corrected chi connectivity index (χ2v) is 5.83. The molecule has 0 fully saturated rings. The number of ether oxygens (including phenoxy) is 1. The Balaban J connectivity index is 2.35.